The molecule has 1 aromatic rings. The van der Waals surface area contributed by atoms with Crippen molar-refractivity contribution in [3.8, 4) is 0 Å². The molecule has 0 aliphatic rings. The summed E-state index contributed by atoms with van der Waals surface area (Å²) in [6.07, 6.45) is 2.82. The molecule has 14 heavy (non-hydrogen) atoms. The van der Waals surface area contributed by atoms with Crippen LogP contribution in [0.3, 0.4) is 0 Å². The topological polar surface area (TPSA) is 37.3 Å². The first-order valence-corrected chi connectivity index (χ1v) is 5.26. The third kappa shape index (κ3) is 3.66. The van der Waals surface area contributed by atoms with E-state index in [2.05, 4.69) is 0 Å². The zero-order chi connectivity index (χ0) is 10.4. The summed E-state index contributed by atoms with van der Waals surface area (Å²) in [4.78, 5) is 11.4. The maximum atomic E-state index is 10.2. The van der Waals surface area contributed by atoms with E-state index < -0.39 is 5.97 Å². The fourth-order valence-corrected chi connectivity index (χ4v) is 1.85. The number of aryl methyl sites for hydroxylation is 1. The number of benzene rings is 1. The van der Waals surface area contributed by atoms with Gasteiger partial charge < -0.3 is 5.11 Å². The van der Waals surface area contributed by atoms with Crippen molar-refractivity contribution in [3.63, 3.8) is 0 Å². The summed E-state index contributed by atoms with van der Waals surface area (Å²) in [6.45, 7) is 2.04. The summed E-state index contributed by atoms with van der Waals surface area (Å²) < 4.78 is 0. The van der Waals surface area contributed by atoms with E-state index in [1.807, 2.05) is 31.2 Å². The van der Waals surface area contributed by atoms with Gasteiger partial charge in [0.05, 0.1) is 0 Å². The second-order valence-electron chi connectivity index (χ2n) is 2.82. The number of carbonyl (C=O) groups is 1. The quantitative estimate of drug-likeness (QED) is 0.610. The molecule has 0 aromatic heterocycles. The van der Waals surface area contributed by atoms with Crippen LogP contribution in [-0.4, -0.2) is 16.8 Å². The molecule has 0 aliphatic heterocycles. The lowest BCUT2D eigenvalue weighted by Crippen LogP contribution is -1.86. The molecule has 0 spiro atoms. The normalized spacial score (nSPS) is 10.6. The van der Waals surface area contributed by atoms with Crippen molar-refractivity contribution < 1.29 is 9.90 Å². The number of aliphatic carboxylic acids is 1. The number of hydrogen-bond donors (Lipinski definition) is 1. The summed E-state index contributed by atoms with van der Waals surface area (Å²) >= 11 is 1.64. The highest BCUT2D eigenvalue weighted by Gasteiger charge is 1.95. The summed E-state index contributed by atoms with van der Waals surface area (Å²) in [5, 5.41) is 8.37. The Morgan fingerprint density at radius 2 is 2.21 bits per heavy atom. The van der Waals surface area contributed by atoms with Gasteiger partial charge in [-0.25, -0.2) is 4.79 Å². The second-order valence-corrected chi connectivity index (χ2v) is 3.88. The van der Waals surface area contributed by atoms with Gasteiger partial charge in [0, 0.05) is 16.7 Å². The largest absolute Gasteiger partial charge is 0.478 e. The van der Waals surface area contributed by atoms with E-state index in [9.17, 15) is 4.79 Å². The third-order valence-corrected chi connectivity index (χ3v) is 2.82. The highest BCUT2D eigenvalue weighted by molar-refractivity contribution is 7.99. The van der Waals surface area contributed by atoms with Gasteiger partial charge in [0.25, 0.3) is 0 Å². The minimum absolute atomic E-state index is 0.692. The van der Waals surface area contributed by atoms with Gasteiger partial charge in [-0.05, 0) is 18.6 Å². The molecule has 0 bridgehead atoms. The van der Waals surface area contributed by atoms with E-state index in [1.54, 1.807) is 17.8 Å². The Morgan fingerprint density at radius 3 is 2.86 bits per heavy atom. The Labute approximate surface area is 87.6 Å². The SMILES string of the molecule is Cc1ccccc1SCC=CC(=O)O. The first-order valence-electron chi connectivity index (χ1n) is 4.28. The predicted molar refractivity (Wildman–Crippen MR) is 58.7 cm³/mol. The zero-order valence-electron chi connectivity index (χ0n) is 7.93. The van der Waals surface area contributed by atoms with Crippen LogP contribution in [-0.2, 0) is 4.79 Å². The second kappa shape index (κ2) is 5.50. The molecule has 0 heterocycles. The predicted octanol–water partition coefficient (Wildman–Crippen LogP) is 2.73. The van der Waals surface area contributed by atoms with E-state index in [0.29, 0.717) is 5.75 Å². The smallest absolute Gasteiger partial charge is 0.328 e. The fraction of sp³-hybridized carbons (Fsp3) is 0.182. The lowest BCUT2D eigenvalue weighted by molar-refractivity contribution is -0.131. The standard InChI is InChI=1S/C11H12O2S/c1-9-5-2-3-6-10(9)14-8-4-7-11(12)13/h2-7H,8H2,1H3,(H,12,13). The molecular formula is C11H12O2S. The molecule has 3 heteroatoms. The van der Waals surface area contributed by atoms with E-state index in [1.165, 1.54) is 16.5 Å². The van der Waals surface area contributed by atoms with Crippen LogP contribution < -0.4 is 0 Å². The maximum absolute atomic E-state index is 10.2. The van der Waals surface area contributed by atoms with Crippen LogP contribution in [0.1, 0.15) is 5.56 Å². The first kappa shape index (κ1) is 10.9. The molecule has 0 amide bonds. The molecule has 2 nitrogen and oxygen atoms in total. The average Bonchev–Trinajstić information content (AvgIpc) is 2.15. The maximum Gasteiger partial charge on any atom is 0.328 e. The van der Waals surface area contributed by atoms with Crippen molar-refractivity contribution in [1.82, 2.24) is 0 Å². The minimum Gasteiger partial charge on any atom is -0.478 e. The van der Waals surface area contributed by atoms with Gasteiger partial charge in [-0.1, -0.05) is 24.3 Å². The molecule has 1 aromatic carbocycles. The van der Waals surface area contributed by atoms with Gasteiger partial charge in [-0.3, -0.25) is 0 Å². The fourth-order valence-electron chi connectivity index (χ4n) is 1.01. The van der Waals surface area contributed by atoms with Gasteiger partial charge in [-0.2, -0.15) is 0 Å². The zero-order valence-corrected chi connectivity index (χ0v) is 8.75. The summed E-state index contributed by atoms with van der Waals surface area (Å²) in [5.41, 5.74) is 1.22. The van der Waals surface area contributed by atoms with Crippen LogP contribution in [0.4, 0.5) is 0 Å². The highest BCUT2D eigenvalue weighted by Crippen LogP contribution is 2.21. The number of rotatable bonds is 4. The molecule has 0 atom stereocenters. The molecule has 0 fully saturated rings. The van der Waals surface area contributed by atoms with Crippen LogP contribution in [0.25, 0.3) is 0 Å². The van der Waals surface area contributed by atoms with E-state index in [-0.39, 0.29) is 0 Å². The summed E-state index contributed by atoms with van der Waals surface area (Å²) in [5.74, 6) is -0.202. The lowest BCUT2D eigenvalue weighted by atomic mass is 10.2. The number of carboxylic acids is 1. The van der Waals surface area contributed by atoms with Gasteiger partial charge in [-0.15, -0.1) is 11.8 Å². The Bertz CT molecular complexity index is 345. The summed E-state index contributed by atoms with van der Waals surface area (Å²) in [7, 11) is 0. The number of hydrogen-bond acceptors (Lipinski definition) is 2. The van der Waals surface area contributed by atoms with Crippen molar-refractivity contribution >= 4 is 17.7 Å². The number of carboxylic acid groups (broad SMARTS) is 1. The van der Waals surface area contributed by atoms with Crippen molar-refractivity contribution in [2.75, 3.05) is 5.75 Å². The first-order chi connectivity index (χ1) is 6.70. The van der Waals surface area contributed by atoms with Gasteiger partial charge in [0.1, 0.15) is 0 Å². The van der Waals surface area contributed by atoms with E-state index in [0.717, 1.165) is 0 Å². The van der Waals surface area contributed by atoms with Crippen LogP contribution in [0.15, 0.2) is 41.3 Å². The van der Waals surface area contributed by atoms with Crippen molar-refractivity contribution in [2.45, 2.75) is 11.8 Å². The Balaban J connectivity index is 2.46. The average molecular weight is 208 g/mol. The van der Waals surface area contributed by atoms with E-state index in [4.69, 9.17) is 5.11 Å². The van der Waals surface area contributed by atoms with Crippen molar-refractivity contribution in [2.24, 2.45) is 0 Å². The Kier molecular flexibility index (Phi) is 4.26. The van der Waals surface area contributed by atoms with Crippen LogP contribution in [0, 0.1) is 6.92 Å². The number of thioether (sulfide) groups is 1. The molecule has 0 saturated carbocycles. The highest BCUT2D eigenvalue weighted by atomic mass is 32.2. The van der Waals surface area contributed by atoms with Crippen molar-refractivity contribution in [1.29, 1.82) is 0 Å². The molecule has 1 rings (SSSR count). The third-order valence-electron chi connectivity index (χ3n) is 1.69. The van der Waals surface area contributed by atoms with Crippen molar-refractivity contribution in [3.05, 3.63) is 42.0 Å². The van der Waals surface area contributed by atoms with Crippen LogP contribution in [0.2, 0.25) is 0 Å². The molecule has 0 aliphatic carbocycles. The minimum atomic E-state index is -0.893. The van der Waals surface area contributed by atoms with E-state index >= 15 is 0 Å². The Hall–Kier alpha value is -1.22. The van der Waals surface area contributed by atoms with Gasteiger partial charge >= 0.3 is 5.97 Å². The Morgan fingerprint density at radius 1 is 1.50 bits per heavy atom. The molecule has 74 valence electrons. The molecule has 1 N–H and O–H groups in total. The monoisotopic (exact) mass is 208 g/mol. The van der Waals surface area contributed by atoms with Crippen LogP contribution >= 0.6 is 11.8 Å². The molecule has 0 saturated heterocycles. The lowest BCUT2D eigenvalue weighted by Gasteiger charge is -2.01. The summed E-state index contributed by atoms with van der Waals surface area (Å²) in [6, 6.07) is 8.06. The van der Waals surface area contributed by atoms with Crippen LogP contribution in [0.5, 0.6) is 0 Å². The molecule has 0 radical (unpaired) electrons. The van der Waals surface area contributed by atoms with Gasteiger partial charge in [0.15, 0.2) is 0 Å². The molecule has 0 unspecified atom stereocenters. The molecular weight excluding hydrogens is 196 g/mol. The van der Waals surface area contributed by atoms with Gasteiger partial charge in [0.2, 0.25) is 0 Å².